The summed E-state index contributed by atoms with van der Waals surface area (Å²) in [4.78, 5) is 27.7. The number of H-pyrrole nitrogens is 1. The number of hydrogen-bond acceptors (Lipinski definition) is 9. The highest BCUT2D eigenvalue weighted by Crippen LogP contribution is 2.23. The van der Waals surface area contributed by atoms with Gasteiger partial charge in [-0.25, -0.2) is 14.8 Å². The van der Waals surface area contributed by atoms with Gasteiger partial charge in [-0.15, -0.1) is 0 Å². The molecule has 1 saturated heterocycles. The van der Waals surface area contributed by atoms with E-state index in [1.54, 1.807) is 45.5 Å². The number of aromatic amines is 1. The van der Waals surface area contributed by atoms with Gasteiger partial charge in [0.2, 0.25) is 5.95 Å². The molecule has 0 radical (unpaired) electrons. The summed E-state index contributed by atoms with van der Waals surface area (Å²) in [5.41, 5.74) is 0.903. The van der Waals surface area contributed by atoms with E-state index in [1.165, 1.54) is 0 Å². The second kappa shape index (κ2) is 8.62. The molecule has 0 bridgehead atoms. The summed E-state index contributed by atoms with van der Waals surface area (Å²) in [7, 11) is 1.75. The third-order valence-electron chi connectivity index (χ3n) is 4.94. The van der Waals surface area contributed by atoms with Crippen LogP contribution >= 0.6 is 0 Å². The van der Waals surface area contributed by atoms with Crippen LogP contribution in [0.1, 0.15) is 37.2 Å². The van der Waals surface area contributed by atoms with Gasteiger partial charge in [0, 0.05) is 38.7 Å². The molecular formula is C20H25N7O3. The average molecular weight is 411 g/mol. The van der Waals surface area contributed by atoms with Crippen LogP contribution in [0.3, 0.4) is 0 Å². The molecule has 3 aromatic heterocycles. The standard InChI is InChI=1S/C20H25N7O3/c1-12(2)30-19(28)18-14-11-22-17(10-15(14)25-26-18)23-16-4-7-21-20(24-16)27-8-5-13(29-3)6-9-27/h4,7,10-13H,5-6,8-9H2,1-3H3,(H,25,26)(H,21,22,23,24). The van der Waals surface area contributed by atoms with Crippen molar-refractivity contribution in [2.75, 3.05) is 30.4 Å². The Labute approximate surface area is 174 Å². The van der Waals surface area contributed by atoms with Crippen molar-refractivity contribution in [3.63, 3.8) is 0 Å². The number of carbonyl (C=O) groups is 1. The largest absolute Gasteiger partial charge is 0.458 e. The van der Waals surface area contributed by atoms with Crippen molar-refractivity contribution in [2.24, 2.45) is 0 Å². The molecule has 0 spiro atoms. The molecule has 10 nitrogen and oxygen atoms in total. The Morgan fingerprint density at radius 1 is 1.27 bits per heavy atom. The second-order valence-electron chi connectivity index (χ2n) is 7.43. The van der Waals surface area contributed by atoms with Gasteiger partial charge in [0.15, 0.2) is 5.69 Å². The van der Waals surface area contributed by atoms with Crippen molar-refractivity contribution < 1.29 is 14.3 Å². The van der Waals surface area contributed by atoms with Crippen LogP contribution in [-0.4, -0.2) is 63.5 Å². The van der Waals surface area contributed by atoms with Crippen LogP contribution in [0.15, 0.2) is 24.5 Å². The minimum Gasteiger partial charge on any atom is -0.458 e. The number of nitrogens with zero attached hydrogens (tertiary/aromatic N) is 5. The van der Waals surface area contributed by atoms with E-state index in [9.17, 15) is 4.79 Å². The lowest BCUT2D eigenvalue weighted by atomic mass is 10.1. The minimum atomic E-state index is -0.476. The Morgan fingerprint density at radius 2 is 2.07 bits per heavy atom. The van der Waals surface area contributed by atoms with Crippen molar-refractivity contribution in [3.05, 3.63) is 30.2 Å². The summed E-state index contributed by atoms with van der Waals surface area (Å²) < 4.78 is 10.6. The van der Waals surface area contributed by atoms with Crippen LogP contribution in [0.4, 0.5) is 17.6 Å². The molecule has 158 valence electrons. The number of carbonyl (C=O) groups excluding carboxylic acids is 1. The average Bonchev–Trinajstić information content (AvgIpc) is 3.17. The minimum absolute atomic E-state index is 0.217. The summed E-state index contributed by atoms with van der Waals surface area (Å²) in [6.07, 6.45) is 5.31. The fraction of sp³-hybridized carbons (Fsp3) is 0.450. The van der Waals surface area contributed by atoms with E-state index >= 15 is 0 Å². The van der Waals surface area contributed by atoms with Gasteiger partial charge in [-0.05, 0) is 32.8 Å². The van der Waals surface area contributed by atoms with Crippen LogP contribution in [-0.2, 0) is 9.47 Å². The molecular weight excluding hydrogens is 386 g/mol. The Bertz CT molecular complexity index is 1030. The second-order valence-corrected chi connectivity index (χ2v) is 7.43. The van der Waals surface area contributed by atoms with Gasteiger partial charge < -0.3 is 19.7 Å². The zero-order chi connectivity index (χ0) is 21.1. The van der Waals surface area contributed by atoms with Crippen LogP contribution in [0.5, 0.6) is 0 Å². The summed E-state index contributed by atoms with van der Waals surface area (Å²) >= 11 is 0. The number of piperidine rings is 1. The fourth-order valence-corrected chi connectivity index (χ4v) is 3.40. The molecule has 4 heterocycles. The van der Waals surface area contributed by atoms with Crippen LogP contribution < -0.4 is 10.2 Å². The maximum atomic E-state index is 12.2. The third-order valence-corrected chi connectivity index (χ3v) is 4.94. The molecule has 0 saturated carbocycles. The Kier molecular flexibility index (Phi) is 5.75. The molecule has 2 N–H and O–H groups in total. The maximum absolute atomic E-state index is 12.2. The molecule has 30 heavy (non-hydrogen) atoms. The van der Waals surface area contributed by atoms with E-state index in [2.05, 4.69) is 35.4 Å². The molecule has 0 unspecified atom stereocenters. The lowest BCUT2D eigenvalue weighted by molar-refractivity contribution is 0.0373. The molecule has 4 rings (SSSR count). The van der Waals surface area contributed by atoms with E-state index < -0.39 is 5.97 Å². The zero-order valence-electron chi connectivity index (χ0n) is 17.3. The lowest BCUT2D eigenvalue weighted by Crippen LogP contribution is -2.37. The number of esters is 1. The number of anilines is 3. The molecule has 1 aliphatic heterocycles. The van der Waals surface area contributed by atoms with Gasteiger partial charge in [-0.1, -0.05) is 0 Å². The topological polar surface area (TPSA) is 118 Å². The first-order chi connectivity index (χ1) is 14.5. The highest BCUT2D eigenvalue weighted by atomic mass is 16.5. The van der Waals surface area contributed by atoms with Gasteiger partial charge in [-0.2, -0.15) is 10.1 Å². The molecule has 10 heteroatoms. The molecule has 1 aliphatic rings. The Morgan fingerprint density at radius 3 is 2.80 bits per heavy atom. The van der Waals surface area contributed by atoms with Crippen LogP contribution in [0.2, 0.25) is 0 Å². The van der Waals surface area contributed by atoms with Crippen molar-refractivity contribution in [3.8, 4) is 0 Å². The van der Waals surface area contributed by atoms with Gasteiger partial charge in [0.05, 0.1) is 23.1 Å². The summed E-state index contributed by atoms with van der Waals surface area (Å²) in [5, 5.41) is 10.7. The molecule has 3 aromatic rings. The van der Waals surface area contributed by atoms with Crippen LogP contribution in [0.25, 0.3) is 10.9 Å². The first kappa shape index (κ1) is 20.0. The number of nitrogens with one attached hydrogen (secondary N) is 2. The van der Waals surface area contributed by atoms with E-state index in [0.717, 1.165) is 25.9 Å². The zero-order valence-corrected chi connectivity index (χ0v) is 17.3. The molecule has 0 amide bonds. The Hall–Kier alpha value is -3.27. The Balaban J connectivity index is 1.49. The van der Waals surface area contributed by atoms with Crippen molar-refractivity contribution in [1.82, 2.24) is 25.1 Å². The SMILES string of the molecule is COC1CCN(c2nccc(Nc3cc4[nH]nc(C(=O)OC(C)C)c4cn3)n2)CC1. The van der Waals surface area contributed by atoms with Crippen LogP contribution in [0, 0.1) is 0 Å². The number of methoxy groups -OCH3 is 1. The molecule has 0 aromatic carbocycles. The van der Waals surface area contributed by atoms with E-state index in [4.69, 9.17) is 9.47 Å². The van der Waals surface area contributed by atoms with E-state index in [-0.39, 0.29) is 11.8 Å². The maximum Gasteiger partial charge on any atom is 0.359 e. The predicted molar refractivity (Wildman–Crippen MR) is 112 cm³/mol. The van der Waals surface area contributed by atoms with Gasteiger partial charge in [0.25, 0.3) is 0 Å². The summed E-state index contributed by atoms with van der Waals surface area (Å²) in [6, 6.07) is 3.57. The van der Waals surface area contributed by atoms with Crippen molar-refractivity contribution in [1.29, 1.82) is 0 Å². The number of aromatic nitrogens is 5. The number of ether oxygens (including phenoxy) is 2. The van der Waals surface area contributed by atoms with Gasteiger partial charge in [-0.3, -0.25) is 5.10 Å². The molecule has 1 fully saturated rings. The lowest BCUT2D eigenvalue weighted by Gasteiger charge is -2.31. The highest BCUT2D eigenvalue weighted by molar-refractivity contribution is 6.02. The van der Waals surface area contributed by atoms with Gasteiger partial charge in [0.1, 0.15) is 11.6 Å². The fourth-order valence-electron chi connectivity index (χ4n) is 3.40. The summed E-state index contributed by atoms with van der Waals surface area (Å²) in [6.45, 7) is 5.30. The number of pyridine rings is 1. The predicted octanol–water partition coefficient (Wildman–Crippen LogP) is 2.67. The quantitative estimate of drug-likeness (QED) is 0.590. The molecule has 0 atom stereocenters. The first-order valence-corrected chi connectivity index (χ1v) is 9.96. The smallest absolute Gasteiger partial charge is 0.359 e. The number of hydrogen-bond donors (Lipinski definition) is 2. The summed E-state index contributed by atoms with van der Waals surface area (Å²) in [5.74, 6) is 1.42. The highest BCUT2D eigenvalue weighted by Gasteiger charge is 2.21. The molecule has 0 aliphatic carbocycles. The van der Waals surface area contributed by atoms with Crippen molar-refractivity contribution >= 4 is 34.5 Å². The van der Waals surface area contributed by atoms with E-state index in [1.807, 2.05) is 0 Å². The first-order valence-electron chi connectivity index (χ1n) is 9.96. The van der Waals surface area contributed by atoms with Gasteiger partial charge >= 0.3 is 5.97 Å². The number of rotatable bonds is 6. The van der Waals surface area contributed by atoms with Crippen molar-refractivity contribution in [2.45, 2.75) is 38.9 Å². The normalized spacial score (nSPS) is 15.0. The third kappa shape index (κ3) is 4.33. The monoisotopic (exact) mass is 411 g/mol. The van der Waals surface area contributed by atoms with E-state index in [0.29, 0.717) is 34.6 Å². The number of fused-ring (bicyclic) bond motifs is 1.